The molecule has 1 aromatic carbocycles. The molecule has 1 aliphatic carbocycles. The van der Waals surface area contributed by atoms with Gasteiger partial charge in [-0.1, -0.05) is 45.9 Å². The average molecular weight is 232 g/mol. The lowest BCUT2D eigenvalue weighted by Crippen LogP contribution is -2.26. The highest BCUT2D eigenvalue weighted by molar-refractivity contribution is 5.38. The van der Waals surface area contributed by atoms with Gasteiger partial charge in [0.25, 0.3) is 0 Å². The first-order chi connectivity index (χ1) is 7.99. The van der Waals surface area contributed by atoms with E-state index in [9.17, 15) is 5.11 Å². The molecule has 1 aromatic rings. The van der Waals surface area contributed by atoms with Crippen molar-refractivity contribution in [3.8, 4) is 0 Å². The second kappa shape index (κ2) is 4.81. The molecule has 0 amide bonds. The van der Waals surface area contributed by atoms with Gasteiger partial charge in [-0.2, -0.15) is 0 Å². The highest BCUT2D eigenvalue weighted by Gasteiger charge is 2.29. The first-order valence-electron chi connectivity index (χ1n) is 6.80. The van der Waals surface area contributed by atoms with Crippen LogP contribution >= 0.6 is 0 Å². The Morgan fingerprint density at radius 3 is 2.06 bits per heavy atom. The predicted molar refractivity (Wildman–Crippen MR) is 72.6 cm³/mol. The summed E-state index contributed by atoms with van der Waals surface area (Å²) >= 11 is 0. The summed E-state index contributed by atoms with van der Waals surface area (Å²) in [4.78, 5) is 0. The summed E-state index contributed by atoms with van der Waals surface area (Å²) in [6.45, 7) is 9.04. The van der Waals surface area contributed by atoms with E-state index in [2.05, 4.69) is 45.9 Å². The van der Waals surface area contributed by atoms with Crippen LogP contribution in [-0.4, -0.2) is 11.2 Å². The normalized spacial score (nSPS) is 24.2. The van der Waals surface area contributed by atoms with Crippen LogP contribution in [0.3, 0.4) is 0 Å². The molecular formula is C16H24O. The van der Waals surface area contributed by atoms with Crippen LogP contribution < -0.4 is 0 Å². The molecule has 0 atom stereocenters. The van der Waals surface area contributed by atoms with Gasteiger partial charge in [0.15, 0.2) is 0 Å². The molecule has 0 spiro atoms. The van der Waals surface area contributed by atoms with Gasteiger partial charge < -0.3 is 5.11 Å². The lowest BCUT2D eigenvalue weighted by molar-refractivity contribution is 0.0746. The van der Waals surface area contributed by atoms with Crippen LogP contribution in [0.15, 0.2) is 18.2 Å². The predicted octanol–water partition coefficient (Wildman–Crippen LogP) is 4.17. The summed E-state index contributed by atoms with van der Waals surface area (Å²) < 4.78 is 0. The average Bonchev–Trinajstić information content (AvgIpc) is 2.23. The van der Waals surface area contributed by atoms with Gasteiger partial charge in [0.2, 0.25) is 0 Å². The Labute approximate surface area is 105 Å². The van der Waals surface area contributed by atoms with Crippen molar-refractivity contribution in [2.24, 2.45) is 0 Å². The van der Waals surface area contributed by atoms with E-state index >= 15 is 0 Å². The molecule has 0 bridgehead atoms. The minimum absolute atomic E-state index is 0.0627. The van der Waals surface area contributed by atoms with E-state index in [-0.39, 0.29) is 6.10 Å². The molecule has 1 N–H and O–H groups in total. The van der Waals surface area contributed by atoms with Crippen LogP contribution in [-0.2, 0) is 0 Å². The number of rotatable bonds is 3. The highest BCUT2D eigenvalue weighted by Crippen LogP contribution is 2.39. The Morgan fingerprint density at radius 1 is 1.00 bits per heavy atom. The van der Waals surface area contributed by atoms with E-state index in [1.165, 1.54) is 16.7 Å². The van der Waals surface area contributed by atoms with Crippen molar-refractivity contribution in [2.45, 2.75) is 64.4 Å². The van der Waals surface area contributed by atoms with Crippen LogP contribution in [0.1, 0.15) is 75.0 Å². The SMILES string of the molecule is CC(C)c1ccc(C2CC(O)C2)cc1C(C)C. The van der Waals surface area contributed by atoms with Crippen LogP contribution in [0, 0.1) is 0 Å². The number of hydrogen-bond acceptors (Lipinski definition) is 1. The van der Waals surface area contributed by atoms with Gasteiger partial charge in [-0.25, -0.2) is 0 Å². The van der Waals surface area contributed by atoms with E-state index < -0.39 is 0 Å². The molecule has 2 rings (SSSR count). The third kappa shape index (κ3) is 2.55. The summed E-state index contributed by atoms with van der Waals surface area (Å²) in [5.74, 6) is 1.76. The third-order valence-corrected chi connectivity index (χ3v) is 3.94. The molecule has 94 valence electrons. The Bertz CT molecular complexity index is 387. The van der Waals surface area contributed by atoms with Gasteiger partial charge >= 0.3 is 0 Å². The van der Waals surface area contributed by atoms with Crippen molar-refractivity contribution in [2.75, 3.05) is 0 Å². The molecule has 0 aliphatic heterocycles. The summed E-state index contributed by atoms with van der Waals surface area (Å²) in [6.07, 6.45) is 1.82. The van der Waals surface area contributed by atoms with E-state index in [1.54, 1.807) is 0 Å². The molecule has 17 heavy (non-hydrogen) atoms. The zero-order valence-corrected chi connectivity index (χ0v) is 11.4. The van der Waals surface area contributed by atoms with Crippen LogP contribution in [0.4, 0.5) is 0 Å². The fraction of sp³-hybridized carbons (Fsp3) is 0.625. The largest absolute Gasteiger partial charge is 0.393 e. The van der Waals surface area contributed by atoms with Gasteiger partial charge in [0.1, 0.15) is 0 Å². The first kappa shape index (κ1) is 12.6. The second-order valence-electron chi connectivity index (χ2n) is 6.02. The summed E-state index contributed by atoms with van der Waals surface area (Å²) in [5, 5.41) is 9.40. The molecular weight excluding hydrogens is 208 g/mol. The van der Waals surface area contributed by atoms with Gasteiger partial charge in [-0.15, -0.1) is 0 Å². The van der Waals surface area contributed by atoms with Crippen molar-refractivity contribution in [1.29, 1.82) is 0 Å². The number of hydrogen-bond donors (Lipinski definition) is 1. The monoisotopic (exact) mass is 232 g/mol. The van der Waals surface area contributed by atoms with Crippen LogP contribution in [0.2, 0.25) is 0 Å². The molecule has 1 fully saturated rings. The highest BCUT2D eigenvalue weighted by atomic mass is 16.3. The molecule has 1 heteroatoms. The van der Waals surface area contributed by atoms with Gasteiger partial charge in [-0.05, 0) is 47.3 Å². The molecule has 0 heterocycles. The summed E-state index contributed by atoms with van der Waals surface area (Å²) in [6, 6.07) is 6.92. The first-order valence-corrected chi connectivity index (χ1v) is 6.80. The Balaban J connectivity index is 2.29. The van der Waals surface area contributed by atoms with Gasteiger partial charge in [0, 0.05) is 0 Å². The molecule has 1 nitrogen and oxygen atoms in total. The van der Waals surface area contributed by atoms with E-state index in [1.807, 2.05) is 0 Å². The molecule has 1 saturated carbocycles. The Hall–Kier alpha value is -0.820. The zero-order chi connectivity index (χ0) is 12.6. The van der Waals surface area contributed by atoms with Crippen molar-refractivity contribution in [1.82, 2.24) is 0 Å². The molecule has 1 aliphatic rings. The van der Waals surface area contributed by atoms with Crippen LogP contribution in [0.25, 0.3) is 0 Å². The lowest BCUT2D eigenvalue weighted by Gasteiger charge is -2.32. The lowest BCUT2D eigenvalue weighted by atomic mass is 9.76. The Morgan fingerprint density at radius 2 is 1.59 bits per heavy atom. The maximum Gasteiger partial charge on any atom is 0.0552 e. The van der Waals surface area contributed by atoms with Crippen molar-refractivity contribution in [3.63, 3.8) is 0 Å². The summed E-state index contributed by atoms with van der Waals surface area (Å²) in [7, 11) is 0. The smallest absolute Gasteiger partial charge is 0.0552 e. The topological polar surface area (TPSA) is 20.2 Å². The second-order valence-corrected chi connectivity index (χ2v) is 6.02. The maximum absolute atomic E-state index is 9.40. The van der Waals surface area contributed by atoms with Crippen molar-refractivity contribution in [3.05, 3.63) is 34.9 Å². The fourth-order valence-electron chi connectivity index (χ4n) is 2.73. The molecule has 0 aromatic heterocycles. The van der Waals surface area contributed by atoms with E-state index in [0.717, 1.165) is 12.8 Å². The Kier molecular flexibility index (Phi) is 3.58. The van der Waals surface area contributed by atoms with Crippen LogP contribution in [0.5, 0.6) is 0 Å². The minimum atomic E-state index is -0.0627. The van der Waals surface area contributed by atoms with Crippen molar-refractivity contribution >= 4 is 0 Å². The minimum Gasteiger partial charge on any atom is -0.393 e. The van der Waals surface area contributed by atoms with Crippen molar-refractivity contribution < 1.29 is 5.11 Å². The van der Waals surface area contributed by atoms with Gasteiger partial charge in [-0.3, -0.25) is 0 Å². The number of benzene rings is 1. The fourth-order valence-corrected chi connectivity index (χ4v) is 2.73. The standard InChI is InChI=1S/C16H24O/c1-10(2)15-6-5-12(9-16(15)11(3)4)13-7-14(17)8-13/h5-6,9-11,13-14,17H,7-8H2,1-4H3. The van der Waals surface area contributed by atoms with Gasteiger partial charge in [0.05, 0.1) is 6.10 Å². The van der Waals surface area contributed by atoms with E-state index in [0.29, 0.717) is 17.8 Å². The molecule has 0 radical (unpaired) electrons. The molecule has 0 saturated heterocycles. The maximum atomic E-state index is 9.40. The quantitative estimate of drug-likeness (QED) is 0.829. The molecule has 0 unspecified atom stereocenters. The third-order valence-electron chi connectivity index (χ3n) is 3.94. The summed E-state index contributed by atoms with van der Waals surface area (Å²) in [5.41, 5.74) is 4.38. The number of aliphatic hydroxyl groups excluding tert-OH is 1. The zero-order valence-electron chi connectivity index (χ0n) is 11.4. The number of aliphatic hydroxyl groups is 1. The van der Waals surface area contributed by atoms with E-state index in [4.69, 9.17) is 0 Å².